The largest absolute Gasteiger partial charge is 0.488 e. The van der Waals surface area contributed by atoms with Gasteiger partial charge in [0.15, 0.2) is 11.0 Å². The molecule has 2 atom stereocenters. The van der Waals surface area contributed by atoms with E-state index in [2.05, 4.69) is 5.32 Å². The number of aliphatic hydroxyl groups is 1. The number of rotatable bonds is 4. The third-order valence-corrected chi connectivity index (χ3v) is 4.07. The van der Waals surface area contributed by atoms with E-state index in [0.717, 1.165) is 25.7 Å². The molecule has 1 aromatic carbocycles. The van der Waals surface area contributed by atoms with E-state index in [4.69, 9.17) is 20.8 Å². The number of hydrogen-bond acceptors (Lipinski definition) is 4. The molecule has 1 saturated carbocycles. The van der Waals surface area contributed by atoms with Crippen LogP contribution in [0.5, 0.6) is 5.75 Å². The van der Waals surface area contributed by atoms with Crippen LogP contribution in [0, 0.1) is 0 Å². The average molecular weight is 336 g/mol. The first-order valence-corrected chi connectivity index (χ1v) is 8.01. The van der Waals surface area contributed by atoms with Gasteiger partial charge in [0.25, 0.3) is 5.91 Å². The van der Waals surface area contributed by atoms with Crippen molar-refractivity contribution in [1.82, 2.24) is 0 Å². The second kappa shape index (κ2) is 7.06. The Morgan fingerprint density at radius 2 is 1.91 bits per heavy atom. The van der Waals surface area contributed by atoms with Crippen LogP contribution in [0.3, 0.4) is 0 Å². The van der Waals surface area contributed by atoms with Gasteiger partial charge >= 0.3 is 0 Å². The summed E-state index contributed by atoms with van der Waals surface area (Å²) in [5.74, 6) is 0.462. The van der Waals surface area contributed by atoms with Crippen LogP contribution in [-0.4, -0.2) is 23.2 Å². The lowest BCUT2D eigenvalue weighted by Crippen LogP contribution is -2.34. The van der Waals surface area contributed by atoms with Gasteiger partial charge in [-0.05, 0) is 67.3 Å². The van der Waals surface area contributed by atoms with Crippen LogP contribution in [0.2, 0.25) is 5.22 Å². The smallest absolute Gasteiger partial charge is 0.291 e. The van der Waals surface area contributed by atoms with Gasteiger partial charge in [-0.2, -0.15) is 0 Å². The zero-order valence-corrected chi connectivity index (χ0v) is 13.3. The molecule has 6 heteroatoms. The van der Waals surface area contributed by atoms with Crippen LogP contribution >= 0.6 is 11.6 Å². The molecule has 1 amide bonds. The first kappa shape index (κ1) is 15.9. The number of furan rings is 1. The number of hydrogen-bond donors (Lipinski definition) is 2. The molecule has 2 N–H and O–H groups in total. The van der Waals surface area contributed by atoms with E-state index in [1.54, 1.807) is 24.3 Å². The van der Waals surface area contributed by atoms with E-state index < -0.39 is 6.10 Å². The number of aliphatic hydroxyl groups excluding tert-OH is 1. The lowest BCUT2D eigenvalue weighted by molar-refractivity contribution is 0.00688. The van der Waals surface area contributed by atoms with Crippen LogP contribution in [0.25, 0.3) is 0 Å². The standard InChI is InChI=1S/C17H18ClNO4/c18-16-10-9-15(23-16)17(21)19-11-5-7-12(8-6-11)22-14-4-2-1-3-13(14)20/h5-10,13-14,20H,1-4H2,(H,19,21). The fourth-order valence-electron chi connectivity index (χ4n) is 2.64. The number of amides is 1. The van der Waals surface area contributed by atoms with Gasteiger partial charge in [0.2, 0.25) is 0 Å². The average Bonchev–Trinajstić information content (AvgIpc) is 2.98. The van der Waals surface area contributed by atoms with Crippen molar-refractivity contribution in [2.24, 2.45) is 0 Å². The molecule has 1 aliphatic rings. The summed E-state index contributed by atoms with van der Waals surface area (Å²) in [6.45, 7) is 0. The molecule has 0 spiro atoms. The summed E-state index contributed by atoms with van der Waals surface area (Å²) in [7, 11) is 0. The maximum Gasteiger partial charge on any atom is 0.291 e. The third-order valence-electron chi connectivity index (χ3n) is 3.86. The number of benzene rings is 1. The second-order valence-corrected chi connectivity index (χ2v) is 5.96. The summed E-state index contributed by atoms with van der Waals surface area (Å²) < 4.78 is 10.9. The van der Waals surface area contributed by atoms with Crippen molar-refractivity contribution in [2.75, 3.05) is 5.32 Å². The quantitative estimate of drug-likeness (QED) is 0.889. The number of halogens is 1. The van der Waals surface area contributed by atoms with Gasteiger partial charge in [-0.15, -0.1) is 0 Å². The van der Waals surface area contributed by atoms with Gasteiger partial charge in [0, 0.05) is 5.69 Å². The highest BCUT2D eigenvalue weighted by molar-refractivity contribution is 6.29. The predicted octanol–water partition coefficient (Wildman–Crippen LogP) is 3.87. The Hall–Kier alpha value is -1.98. The van der Waals surface area contributed by atoms with Crippen molar-refractivity contribution < 1.29 is 19.1 Å². The fraction of sp³-hybridized carbons (Fsp3) is 0.353. The van der Waals surface area contributed by atoms with Crippen molar-refractivity contribution in [2.45, 2.75) is 37.9 Å². The molecule has 1 fully saturated rings. The Balaban J connectivity index is 1.59. The lowest BCUT2D eigenvalue weighted by atomic mass is 9.95. The Kier molecular flexibility index (Phi) is 4.88. The van der Waals surface area contributed by atoms with E-state index in [1.807, 2.05) is 0 Å². The van der Waals surface area contributed by atoms with Crippen molar-refractivity contribution in [1.29, 1.82) is 0 Å². The Labute approximate surface area is 139 Å². The lowest BCUT2D eigenvalue weighted by Gasteiger charge is -2.28. The maximum absolute atomic E-state index is 11.9. The van der Waals surface area contributed by atoms with Crippen LogP contribution in [0.15, 0.2) is 40.8 Å². The van der Waals surface area contributed by atoms with E-state index >= 15 is 0 Å². The Morgan fingerprint density at radius 1 is 1.17 bits per heavy atom. The number of nitrogens with one attached hydrogen (secondary N) is 1. The van der Waals surface area contributed by atoms with Crippen molar-refractivity contribution >= 4 is 23.2 Å². The Morgan fingerprint density at radius 3 is 2.57 bits per heavy atom. The second-order valence-electron chi connectivity index (χ2n) is 5.59. The van der Waals surface area contributed by atoms with Gasteiger partial charge in [0.1, 0.15) is 11.9 Å². The summed E-state index contributed by atoms with van der Waals surface area (Å²) in [6, 6.07) is 10.1. The SMILES string of the molecule is O=C(Nc1ccc(OC2CCCCC2O)cc1)c1ccc(Cl)o1. The van der Waals surface area contributed by atoms with E-state index in [0.29, 0.717) is 11.4 Å². The highest BCUT2D eigenvalue weighted by Gasteiger charge is 2.24. The molecule has 122 valence electrons. The molecule has 1 heterocycles. The topological polar surface area (TPSA) is 71.7 Å². The molecule has 0 bridgehead atoms. The molecular formula is C17H18ClNO4. The molecule has 2 unspecified atom stereocenters. The highest BCUT2D eigenvalue weighted by Crippen LogP contribution is 2.25. The van der Waals surface area contributed by atoms with Crippen molar-refractivity contribution in [3.05, 3.63) is 47.4 Å². The number of anilines is 1. The predicted molar refractivity (Wildman–Crippen MR) is 87.0 cm³/mol. The first-order valence-electron chi connectivity index (χ1n) is 7.63. The number of ether oxygens (including phenoxy) is 1. The summed E-state index contributed by atoms with van der Waals surface area (Å²) in [4.78, 5) is 11.9. The normalized spacial score (nSPS) is 21.0. The van der Waals surface area contributed by atoms with Crippen LogP contribution in [0.1, 0.15) is 36.2 Å². The molecule has 0 radical (unpaired) electrons. The molecule has 0 aliphatic heterocycles. The molecule has 2 aromatic rings. The van der Waals surface area contributed by atoms with Gasteiger partial charge in [0.05, 0.1) is 6.10 Å². The molecule has 5 nitrogen and oxygen atoms in total. The zero-order chi connectivity index (χ0) is 16.2. The molecule has 0 saturated heterocycles. The molecule has 1 aliphatic carbocycles. The van der Waals surface area contributed by atoms with Crippen LogP contribution in [-0.2, 0) is 0 Å². The van der Waals surface area contributed by atoms with Gasteiger partial charge in [-0.25, -0.2) is 0 Å². The van der Waals surface area contributed by atoms with E-state index in [9.17, 15) is 9.90 Å². The molecule has 1 aromatic heterocycles. The van der Waals surface area contributed by atoms with Gasteiger partial charge in [-0.3, -0.25) is 4.79 Å². The first-order chi connectivity index (χ1) is 11.1. The van der Waals surface area contributed by atoms with Gasteiger partial charge < -0.3 is 19.6 Å². The summed E-state index contributed by atoms with van der Waals surface area (Å²) in [5.41, 5.74) is 0.624. The minimum Gasteiger partial charge on any atom is -0.488 e. The third kappa shape index (κ3) is 4.06. The van der Waals surface area contributed by atoms with Crippen LogP contribution in [0.4, 0.5) is 5.69 Å². The van der Waals surface area contributed by atoms with Gasteiger partial charge in [-0.1, -0.05) is 6.42 Å². The number of carbonyl (C=O) groups is 1. The molecular weight excluding hydrogens is 318 g/mol. The molecule has 23 heavy (non-hydrogen) atoms. The summed E-state index contributed by atoms with van der Waals surface area (Å²) in [6.07, 6.45) is 3.19. The highest BCUT2D eigenvalue weighted by atomic mass is 35.5. The number of carbonyl (C=O) groups excluding carboxylic acids is 1. The van der Waals surface area contributed by atoms with E-state index in [-0.39, 0.29) is 23.0 Å². The Bertz CT molecular complexity index is 667. The zero-order valence-electron chi connectivity index (χ0n) is 12.5. The summed E-state index contributed by atoms with van der Waals surface area (Å²) >= 11 is 5.65. The molecule has 3 rings (SSSR count). The monoisotopic (exact) mass is 335 g/mol. The van der Waals surface area contributed by atoms with E-state index in [1.165, 1.54) is 12.1 Å². The minimum absolute atomic E-state index is 0.153. The summed E-state index contributed by atoms with van der Waals surface area (Å²) in [5, 5.41) is 12.8. The maximum atomic E-state index is 11.9. The van der Waals surface area contributed by atoms with Crippen LogP contribution < -0.4 is 10.1 Å². The van der Waals surface area contributed by atoms with Crippen molar-refractivity contribution in [3.8, 4) is 5.75 Å². The fourth-order valence-corrected chi connectivity index (χ4v) is 2.78. The minimum atomic E-state index is -0.410. The van der Waals surface area contributed by atoms with Crippen molar-refractivity contribution in [3.63, 3.8) is 0 Å².